The maximum atomic E-state index is 13.0. The van der Waals surface area contributed by atoms with Gasteiger partial charge in [-0.3, -0.25) is 0 Å². The van der Waals surface area contributed by atoms with Crippen LogP contribution in [0, 0.1) is 17.1 Å². The van der Waals surface area contributed by atoms with Gasteiger partial charge in [-0.25, -0.2) is 9.18 Å². The zero-order chi connectivity index (χ0) is 10.7. The zero-order valence-electron chi connectivity index (χ0n) is 6.92. The lowest BCUT2D eigenvalue weighted by atomic mass is 10.1. The van der Waals surface area contributed by atoms with Crippen LogP contribution in [0.2, 0.25) is 0 Å². The lowest BCUT2D eigenvalue weighted by molar-refractivity contribution is 0.0692. The lowest BCUT2D eigenvalue weighted by Gasteiger charge is -2.02. The van der Waals surface area contributed by atoms with Gasteiger partial charge in [0.1, 0.15) is 5.82 Å². The summed E-state index contributed by atoms with van der Waals surface area (Å²) in [4.78, 5) is 10.5. The number of hydrogen-bond acceptors (Lipinski definition) is 2. The van der Waals surface area contributed by atoms with E-state index in [1.54, 1.807) is 6.07 Å². The van der Waals surface area contributed by atoms with Gasteiger partial charge in [-0.1, -0.05) is 0 Å². The predicted octanol–water partition coefficient (Wildman–Crippen LogP) is 2.13. The molecule has 0 fully saturated rings. The normalized spacial score (nSPS) is 9.50. The first-order chi connectivity index (χ1) is 6.60. The van der Waals surface area contributed by atoms with Gasteiger partial charge in [-0.05, 0) is 17.7 Å². The number of hydrogen-bond donors (Lipinski definition) is 1. The van der Waals surface area contributed by atoms with Gasteiger partial charge in [-0.15, -0.1) is 11.6 Å². The molecule has 1 aromatic rings. The van der Waals surface area contributed by atoms with E-state index in [1.165, 1.54) is 0 Å². The predicted molar refractivity (Wildman–Crippen MR) is 47.6 cm³/mol. The molecule has 14 heavy (non-hydrogen) atoms. The van der Waals surface area contributed by atoms with Gasteiger partial charge < -0.3 is 5.11 Å². The third-order valence-corrected chi connectivity index (χ3v) is 1.98. The minimum atomic E-state index is -1.38. The number of carboxylic acid groups (broad SMARTS) is 1. The van der Waals surface area contributed by atoms with E-state index in [4.69, 9.17) is 22.0 Å². The van der Waals surface area contributed by atoms with Crippen molar-refractivity contribution in [2.45, 2.75) is 5.88 Å². The SMILES string of the molecule is N#Cc1cc(F)c(C(=O)O)cc1CCl. The number of rotatable bonds is 2. The number of halogens is 2. The molecule has 0 radical (unpaired) electrons. The van der Waals surface area contributed by atoms with Crippen molar-refractivity contribution in [1.82, 2.24) is 0 Å². The van der Waals surface area contributed by atoms with Crippen LogP contribution in [0.15, 0.2) is 12.1 Å². The molecule has 0 heterocycles. The molecule has 0 unspecified atom stereocenters. The molecule has 0 atom stereocenters. The van der Waals surface area contributed by atoms with E-state index in [9.17, 15) is 9.18 Å². The summed E-state index contributed by atoms with van der Waals surface area (Å²) in [7, 11) is 0. The molecule has 1 aromatic carbocycles. The van der Waals surface area contributed by atoms with E-state index in [1.807, 2.05) is 0 Å². The third-order valence-electron chi connectivity index (χ3n) is 1.69. The fourth-order valence-corrected chi connectivity index (χ4v) is 1.22. The van der Waals surface area contributed by atoms with Crippen LogP contribution >= 0.6 is 11.6 Å². The molecule has 0 spiro atoms. The molecular formula is C9H5ClFNO2. The first kappa shape index (κ1) is 10.5. The molecule has 3 nitrogen and oxygen atoms in total. The summed E-state index contributed by atoms with van der Waals surface area (Å²) < 4.78 is 13.0. The molecule has 0 aliphatic rings. The van der Waals surface area contributed by atoms with Gasteiger partial charge in [0.05, 0.1) is 17.2 Å². The Kier molecular flexibility index (Phi) is 3.05. The van der Waals surface area contributed by atoms with Crippen LogP contribution in [-0.2, 0) is 5.88 Å². The second kappa shape index (κ2) is 4.07. The van der Waals surface area contributed by atoms with Gasteiger partial charge >= 0.3 is 5.97 Å². The number of nitriles is 1. The van der Waals surface area contributed by atoms with Crippen LogP contribution < -0.4 is 0 Å². The summed E-state index contributed by atoms with van der Waals surface area (Å²) in [6.07, 6.45) is 0. The lowest BCUT2D eigenvalue weighted by Crippen LogP contribution is -2.03. The Morgan fingerprint density at radius 3 is 2.71 bits per heavy atom. The van der Waals surface area contributed by atoms with Gasteiger partial charge in [0.25, 0.3) is 0 Å². The van der Waals surface area contributed by atoms with Crippen LogP contribution in [0.1, 0.15) is 21.5 Å². The summed E-state index contributed by atoms with van der Waals surface area (Å²) in [5.74, 6) is -2.33. The Labute approximate surface area is 84.3 Å². The molecule has 1 rings (SSSR count). The van der Waals surface area contributed by atoms with Crippen molar-refractivity contribution < 1.29 is 14.3 Å². The third kappa shape index (κ3) is 1.83. The Bertz CT molecular complexity index is 426. The van der Waals surface area contributed by atoms with E-state index >= 15 is 0 Å². The maximum absolute atomic E-state index is 13.0. The molecule has 0 saturated heterocycles. The smallest absolute Gasteiger partial charge is 0.338 e. The molecule has 0 amide bonds. The number of nitrogens with zero attached hydrogens (tertiary/aromatic N) is 1. The van der Waals surface area contributed by atoms with Gasteiger partial charge in [0, 0.05) is 5.88 Å². The quantitative estimate of drug-likeness (QED) is 0.766. The van der Waals surface area contributed by atoms with Crippen LogP contribution in [0.25, 0.3) is 0 Å². The molecule has 0 aromatic heterocycles. The second-order valence-electron chi connectivity index (χ2n) is 2.54. The minimum Gasteiger partial charge on any atom is -0.478 e. The van der Waals surface area contributed by atoms with Crippen molar-refractivity contribution in [2.75, 3.05) is 0 Å². The highest BCUT2D eigenvalue weighted by Crippen LogP contribution is 2.17. The largest absolute Gasteiger partial charge is 0.478 e. The van der Waals surface area contributed by atoms with E-state index in [2.05, 4.69) is 0 Å². The molecular weight excluding hydrogens is 209 g/mol. The molecule has 0 saturated carbocycles. The van der Waals surface area contributed by atoms with Crippen LogP contribution in [0.3, 0.4) is 0 Å². The molecule has 72 valence electrons. The summed E-state index contributed by atoms with van der Waals surface area (Å²) in [6, 6.07) is 3.68. The van der Waals surface area contributed by atoms with Crippen molar-refractivity contribution in [2.24, 2.45) is 0 Å². The number of benzene rings is 1. The molecule has 0 aliphatic carbocycles. The highest BCUT2D eigenvalue weighted by molar-refractivity contribution is 6.17. The van der Waals surface area contributed by atoms with Gasteiger partial charge in [0.15, 0.2) is 0 Å². The highest BCUT2D eigenvalue weighted by atomic mass is 35.5. The Balaban J connectivity index is 3.39. The van der Waals surface area contributed by atoms with E-state index in [0.717, 1.165) is 12.1 Å². The van der Waals surface area contributed by atoms with Crippen molar-refractivity contribution in [3.63, 3.8) is 0 Å². The fourth-order valence-electron chi connectivity index (χ4n) is 0.997. The van der Waals surface area contributed by atoms with Crippen molar-refractivity contribution in [3.05, 3.63) is 34.6 Å². The second-order valence-corrected chi connectivity index (χ2v) is 2.81. The summed E-state index contributed by atoms with van der Waals surface area (Å²) in [6.45, 7) is 0. The number of alkyl halides is 1. The average Bonchev–Trinajstić information content (AvgIpc) is 2.16. The van der Waals surface area contributed by atoms with Crippen LogP contribution in [0.4, 0.5) is 4.39 Å². The highest BCUT2D eigenvalue weighted by Gasteiger charge is 2.14. The van der Waals surface area contributed by atoms with Crippen LogP contribution in [0.5, 0.6) is 0 Å². The Morgan fingerprint density at radius 1 is 1.64 bits per heavy atom. The standard InChI is InChI=1S/C9H5ClFNO2/c10-3-5-1-7(9(13)14)8(11)2-6(5)4-12/h1-2H,3H2,(H,13,14). The first-order valence-electron chi connectivity index (χ1n) is 3.62. The van der Waals surface area contributed by atoms with E-state index in [-0.39, 0.29) is 11.4 Å². The molecule has 0 bridgehead atoms. The minimum absolute atomic E-state index is 0.0244. The number of carbonyl (C=O) groups is 1. The molecule has 0 aliphatic heterocycles. The fraction of sp³-hybridized carbons (Fsp3) is 0.111. The summed E-state index contributed by atoms with van der Waals surface area (Å²) in [5.41, 5.74) is -0.102. The number of carboxylic acids is 1. The van der Waals surface area contributed by atoms with Gasteiger partial charge in [-0.2, -0.15) is 5.26 Å². The topological polar surface area (TPSA) is 61.1 Å². The summed E-state index contributed by atoms with van der Waals surface area (Å²) >= 11 is 5.47. The molecule has 5 heteroatoms. The Hall–Kier alpha value is -1.60. The van der Waals surface area contributed by atoms with E-state index in [0.29, 0.717) is 5.56 Å². The van der Waals surface area contributed by atoms with E-state index < -0.39 is 17.3 Å². The zero-order valence-corrected chi connectivity index (χ0v) is 7.68. The number of aromatic carboxylic acids is 1. The Morgan fingerprint density at radius 2 is 2.29 bits per heavy atom. The maximum Gasteiger partial charge on any atom is 0.338 e. The molecule has 1 N–H and O–H groups in total. The van der Waals surface area contributed by atoms with Gasteiger partial charge in [0.2, 0.25) is 0 Å². The van der Waals surface area contributed by atoms with Crippen LogP contribution in [-0.4, -0.2) is 11.1 Å². The average molecular weight is 214 g/mol. The van der Waals surface area contributed by atoms with Crippen molar-refractivity contribution >= 4 is 17.6 Å². The first-order valence-corrected chi connectivity index (χ1v) is 4.15. The van der Waals surface area contributed by atoms with Crippen molar-refractivity contribution in [3.8, 4) is 6.07 Å². The van der Waals surface area contributed by atoms with Crippen molar-refractivity contribution in [1.29, 1.82) is 5.26 Å². The monoisotopic (exact) mass is 213 g/mol. The summed E-state index contributed by atoms with van der Waals surface area (Å²) in [5, 5.41) is 17.2.